The van der Waals surface area contributed by atoms with Crippen molar-refractivity contribution < 1.29 is 27.5 Å². The average molecular weight is 538 g/mol. The van der Waals surface area contributed by atoms with E-state index in [0.717, 1.165) is 32.9 Å². The van der Waals surface area contributed by atoms with E-state index in [0.29, 0.717) is 29.8 Å². The number of para-hydroxylation sites is 2. The van der Waals surface area contributed by atoms with Gasteiger partial charge in [-0.15, -0.1) is 24.5 Å². The molecule has 4 aromatic rings. The summed E-state index contributed by atoms with van der Waals surface area (Å²) in [5.74, 6) is -1.55. The molecule has 0 atom stereocenters. The highest BCUT2D eigenvalue weighted by molar-refractivity contribution is 7.12. The normalized spacial score (nSPS) is 12.8. The number of nitrogens with zero attached hydrogens (tertiary/aromatic N) is 2. The highest BCUT2D eigenvalue weighted by atomic mass is 32.1. The average Bonchev–Trinajstić information content (AvgIpc) is 3.16. The Kier molecular flexibility index (Phi) is 6.66. The highest BCUT2D eigenvalue weighted by Gasteiger charge is 2.33. The number of carbonyl (C=O) groups excluding carboxylic acids is 2. The number of thiazole rings is 1. The number of rotatable bonds is 4. The third-order valence-electron chi connectivity index (χ3n) is 6.13. The first-order valence-electron chi connectivity index (χ1n) is 11.7. The van der Waals surface area contributed by atoms with E-state index in [2.05, 4.69) is 10.1 Å². The molecule has 0 unspecified atom stereocenters. The fourth-order valence-electron chi connectivity index (χ4n) is 4.50. The van der Waals surface area contributed by atoms with Gasteiger partial charge in [0.25, 0.3) is 11.8 Å². The van der Waals surface area contributed by atoms with Crippen LogP contribution in [0.4, 0.5) is 24.5 Å². The van der Waals surface area contributed by atoms with Gasteiger partial charge in [0.05, 0.1) is 22.0 Å². The van der Waals surface area contributed by atoms with Gasteiger partial charge < -0.3 is 15.0 Å². The Labute approximate surface area is 220 Å². The largest absolute Gasteiger partial charge is 0.573 e. The van der Waals surface area contributed by atoms with Gasteiger partial charge in [-0.2, -0.15) is 0 Å². The van der Waals surface area contributed by atoms with Crippen molar-refractivity contribution in [1.82, 2.24) is 4.98 Å². The molecule has 38 heavy (non-hydrogen) atoms. The summed E-state index contributed by atoms with van der Waals surface area (Å²) in [7, 11) is 0. The number of ether oxygens (including phenoxy) is 1. The first-order chi connectivity index (χ1) is 18.1. The zero-order valence-electron chi connectivity index (χ0n) is 20.4. The second-order valence-electron chi connectivity index (χ2n) is 8.76. The molecule has 0 fully saturated rings. The van der Waals surface area contributed by atoms with Crippen LogP contribution in [0.5, 0.6) is 5.75 Å². The number of alkyl halides is 3. The van der Waals surface area contributed by atoms with Gasteiger partial charge in [-0.25, -0.2) is 4.98 Å². The number of carbonyl (C=O) groups is 2. The van der Waals surface area contributed by atoms with Gasteiger partial charge in [0.15, 0.2) is 0 Å². The molecule has 2 heterocycles. The van der Waals surface area contributed by atoms with Crippen molar-refractivity contribution in [1.29, 1.82) is 0 Å². The lowest BCUT2D eigenvalue weighted by atomic mass is 10.0. The minimum Gasteiger partial charge on any atom is -0.405 e. The Bertz CT molecular complexity index is 1550. The zero-order chi connectivity index (χ0) is 27.0. The molecule has 1 N–H and O–H groups in total. The van der Waals surface area contributed by atoms with Gasteiger partial charge in [0.2, 0.25) is 0 Å². The highest BCUT2D eigenvalue weighted by Crippen LogP contribution is 2.39. The molecule has 0 saturated heterocycles. The third-order valence-corrected chi connectivity index (χ3v) is 7.16. The van der Waals surface area contributed by atoms with E-state index in [9.17, 15) is 22.8 Å². The number of benzene rings is 3. The van der Waals surface area contributed by atoms with Gasteiger partial charge >= 0.3 is 6.36 Å². The molecular weight excluding hydrogens is 515 g/mol. The van der Waals surface area contributed by atoms with Gasteiger partial charge in [0.1, 0.15) is 5.75 Å². The number of aromatic nitrogens is 1. The molecule has 10 heteroatoms. The molecule has 194 valence electrons. The van der Waals surface area contributed by atoms with Gasteiger partial charge in [-0.1, -0.05) is 30.3 Å². The third kappa shape index (κ3) is 5.12. The van der Waals surface area contributed by atoms with Crippen LogP contribution in [-0.2, 0) is 6.42 Å². The van der Waals surface area contributed by atoms with Crippen molar-refractivity contribution in [2.75, 3.05) is 16.8 Å². The summed E-state index contributed by atoms with van der Waals surface area (Å²) in [5.41, 5.74) is 3.72. The molecule has 0 saturated carbocycles. The van der Waals surface area contributed by atoms with Crippen LogP contribution in [0.1, 0.15) is 36.2 Å². The van der Waals surface area contributed by atoms with E-state index >= 15 is 0 Å². The number of amides is 2. The standard InChI is InChI=1S/C28H22F3N3O3S/c1-16-15-18(33-26(35)21-8-4-6-10-23(21)37-28(29,30)31)11-12-19(16)27(36)34-14-13-24-25(32-17(2)38-24)20-7-3-5-9-22(20)34/h3-12,15H,13-14H2,1-2H3,(H,33,35). The molecule has 1 aliphatic rings. The summed E-state index contributed by atoms with van der Waals surface area (Å²) >= 11 is 1.63. The number of hydrogen-bond donors (Lipinski definition) is 1. The minimum absolute atomic E-state index is 0.191. The number of hydrogen-bond acceptors (Lipinski definition) is 5. The maximum Gasteiger partial charge on any atom is 0.573 e. The maximum absolute atomic E-state index is 13.7. The SMILES string of the molecule is Cc1nc2c(s1)CCN(C(=O)c1ccc(NC(=O)c3ccccc3OC(F)(F)F)cc1C)c1ccccc1-2. The maximum atomic E-state index is 13.7. The second kappa shape index (κ2) is 9.94. The monoisotopic (exact) mass is 537 g/mol. The molecule has 5 rings (SSSR count). The van der Waals surface area contributed by atoms with E-state index in [1.807, 2.05) is 31.2 Å². The van der Waals surface area contributed by atoms with Crippen LogP contribution in [0.25, 0.3) is 11.3 Å². The summed E-state index contributed by atoms with van der Waals surface area (Å²) < 4.78 is 42.2. The Morgan fingerprint density at radius 1 is 1.00 bits per heavy atom. The lowest BCUT2D eigenvalue weighted by molar-refractivity contribution is -0.274. The van der Waals surface area contributed by atoms with Crippen LogP contribution in [-0.4, -0.2) is 29.7 Å². The van der Waals surface area contributed by atoms with Crippen molar-refractivity contribution in [3.05, 3.63) is 93.3 Å². The lowest BCUT2D eigenvalue weighted by Gasteiger charge is -2.24. The number of halogens is 3. The van der Waals surface area contributed by atoms with Crippen molar-refractivity contribution in [2.24, 2.45) is 0 Å². The van der Waals surface area contributed by atoms with Crippen molar-refractivity contribution in [3.8, 4) is 17.0 Å². The van der Waals surface area contributed by atoms with Crippen molar-refractivity contribution in [2.45, 2.75) is 26.6 Å². The Hall–Kier alpha value is -4.18. The zero-order valence-corrected chi connectivity index (χ0v) is 21.2. The lowest BCUT2D eigenvalue weighted by Crippen LogP contribution is -2.33. The van der Waals surface area contributed by atoms with E-state index in [-0.39, 0.29) is 11.5 Å². The molecule has 1 aliphatic heterocycles. The summed E-state index contributed by atoms with van der Waals surface area (Å²) in [6.07, 6.45) is -4.26. The predicted molar refractivity (Wildman–Crippen MR) is 140 cm³/mol. The molecule has 1 aromatic heterocycles. The quantitative estimate of drug-likeness (QED) is 0.312. The molecule has 0 radical (unpaired) electrons. The summed E-state index contributed by atoms with van der Waals surface area (Å²) in [4.78, 5) is 34.0. The van der Waals surface area contributed by atoms with Crippen LogP contribution in [0.3, 0.4) is 0 Å². The molecule has 0 aliphatic carbocycles. The Morgan fingerprint density at radius 3 is 2.50 bits per heavy atom. The molecule has 2 amide bonds. The fraction of sp³-hybridized carbons (Fsp3) is 0.179. The summed E-state index contributed by atoms with van der Waals surface area (Å²) in [5, 5.41) is 3.57. The predicted octanol–water partition coefficient (Wildman–Crippen LogP) is 6.78. The Balaban J connectivity index is 1.39. The first kappa shape index (κ1) is 25.5. The van der Waals surface area contributed by atoms with E-state index in [4.69, 9.17) is 4.98 Å². The summed E-state index contributed by atoms with van der Waals surface area (Å²) in [6, 6.07) is 17.6. The van der Waals surface area contributed by atoms with Crippen LogP contribution in [0, 0.1) is 13.8 Å². The fourth-order valence-corrected chi connectivity index (χ4v) is 5.44. The van der Waals surface area contributed by atoms with E-state index < -0.39 is 18.0 Å². The first-order valence-corrected chi connectivity index (χ1v) is 12.6. The molecule has 3 aromatic carbocycles. The van der Waals surface area contributed by atoms with Gasteiger partial charge in [-0.05, 0) is 55.8 Å². The van der Waals surface area contributed by atoms with E-state index in [1.165, 1.54) is 18.2 Å². The number of aryl methyl sites for hydroxylation is 2. The molecule has 0 spiro atoms. The number of fused-ring (bicyclic) bond motifs is 3. The van der Waals surface area contributed by atoms with Crippen molar-refractivity contribution in [3.63, 3.8) is 0 Å². The number of anilines is 2. The smallest absolute Gasteiger partial charge is 0.405 e. The second-order valence-corrected chi connectivity index (χ2v) is 10.0. The molecule has 0 bridgehead atoms. The van der Waals surface area contributed by atoms with Crippen LogP contribution >= 0.6 is 11.3 Å². The van der Waals surface area contributed by atoms with Gasteiger partial charge in [0, 0.05) is 34.7 Å². The summed E-state index contributed by atoms with van der Waals surface area (Å²) in [6.45, 7) is 4.20. The van der Waals surface area contributed by atoms with Crippen LogP contribution in [0.2, 0.25) is 0 Å². The van der Waals surface area contributed by atoms with E-state index in [1.54, 1.807) is 41.4 Å². The van der Waals surface area contributed by atoms with Crippen molar-refractivity contribution >= 4 is 34.5 Å². The van der Waals surface area contributed by atoms with Crippen LogP contribution < -0.4 is 15.0 Å². The molecular formula is C28H22F3N3O3S. The topological polar surface area (TPSA) is 71.5 Å². The Morgan fingerprint density at radius 2 is 1.74 bits per heavy atom. The van der Waals surface area contributed by atoms with Crippen LogP contribution in [0.15, 0.2) is 66.7 Å². The van der Waals surface area contributed by atoms with Gasteiger partial charge in [-0.3, -0.25) is 9.59 Å². The molecule has 6 nitrogen and oxygen atoms in total. The number of nitrogens with one attached hydrogen (secondary N) is 1. The minimum atomic E-state index is -4.93.